The van der Waals surface area contributed by atoms with Crippen molar-refractivity contribution in [3.05, 3.63) is 40.3 Å². The molecule has 204 valence electrons. The molecule has 0 spiro atoms. The minimum Gasteiger partial charge on any atom is -0.476 e. The van der Waals surface area contributed by atoms with Crippen LogP contribution in [0.4, 0.5) is 0 Å². The molecule has 1 aromatic heterocycles. The Morgan fingerprint density at radius 2 is 1.63 bits per heavy atom. The standard InChI is InChI=1S/C30H40N4O4/c1-2-38-32-28(30(36)37)27-29(35)34(26-13-6-5-12-25(26)31-27)24-17-21-10-7-11-22(18-24)33(21)23-15-19-8-3-4-9-20(14-19)16-23/h5-6,12-13,19-24H,2-4,7-11,14-18H2,1H3,(H,36,37)/b32-28-/t19-,20+,21-,22+,23?,24?. The molecule has 4 bridgehead atoms. The molecule has 1 aromatic carbocycles. The summed E-state index contributed by atoms with van der Waals surface area (Å²) in [5.41, 5.74) is 0.413. The lowest BCUT2D eigenvalue weighted by molar-refractivity contribution is -0.129. The first-order valence-electron chi connectivity index (χ1n) is 14.8. The van der Waals surface area contributed by atoms with Gasteiger partial charge in [-0.1, -0.05) is 49.4 Å². The number of hydrogen-bond acceptors (Lipinski definition) is 6. The van der Waals surface area contributed by atoms with E-state index < -0.39 is 11.7 Å². The molecule has 3 heterocycles. The van der Waals surface area contributed by atoms with Crippen molar-refractivity contribution in [2.24, 2.45) is 17.0 Å². The maximum absolute atomic E-state index is 14.0. The Morgan fingerprint density at radius 3 is 2.29 bits per heavy atom. The molecule has 38 heavy (non-hydrogen) atoms. The van der Waals surface area contributed by atoms with E-state index in [1.54, 1.807) is 6.92 Å². The number of aliphatic carboxylic acids is 1. The van der Waals surface area contributed by atoms with Gasteiger partial charge in [0.15, 0.2) is 5.69 Å². The van der Waals surface area contributed by atoms with Crippen LogP contribution in [0.1, 0.15) is 95.7 Å². The molecule has 8 nitrogen and oxygen atoms in total. The van der Waals surface area contributed by atoms with Gasteiger partial charge in [-0.3, -0.25) is 9.69 Å². The summed E-state index contributed by atoms with van der Waals surface area (Å²) in [6.45, 7) is 1.94. The van der Waals surface area contributed by atoms with Crippen molar-refractivity contribution in [2.45, 2.75) is 108 Å². The molecule has 1 N–H and O–H groups in total. The molecule has 4 aliphatic rings. The summed E-state index contributed by atoms with van der Waals surface area (Å²) >= 11 is 0. The lowest BCUT2D eigenvalue weighted by Gasteiger charge is -2.54. The molecule has 2 unspecified atom stereocenters. The van der Waals surface area contributed by atoms with Crippen LogP contribution in [-0.4, -0.2) is 56.0 Å². The number of rotatable bonds is 6. The summed E-state index contributed by atoms with van der Waals surface area (Å²) in [6, 6.07) is 9.18. The topological polar surface area (TPSA) is 97.0 Å². The third-order valence-electron chi connectivity index (χ3n) is 9.65. The number of aromatic nitrogens is 2. The van der Waals surface area contributed by atoms with E-state index >= 15 is 0 Å². The molecule has 2 aliphatic carbocycles. The van der Waals surface area contributed by atoms with Crippen molar-refractivity contribution in [1.82, 2.24) is 14.5 Å². The predicted molar refractivity (Wildman–Crippen MR) is 146 cm³/mol. The van der Waals surface area contributed by atoms with Gasteiger partial charge in [0.2, 0.25) is 5.71 Å². The molecular formula is C30H40N4O4. The van der Waals surface area contributed by atoms with E-state index in [9.17, 15) is 14.7 Å². The van der Waals surface area contributed by atoms with Crippen molar-refractivity contribution in [1.29, 1.82) is 0 Å². The minimum atomic E-state index is -1.31. The highest BCUT2D eigenvalue weighted by molar-refractivity contribution is 6.41. The Bertz CT molecular complexity index is 1240. The molecule has 2 aromatic rings. The van der Waals surface area contributed by atoms with Gasteiger partial charge in [0.25, 0.3) is 5.56 Å². The number of para-hydroxylation sites is 2. The second-order valence-electron chi connectivity index (χ2n) is 12.0. The van der Waals surface area contributed by atoms with Crippen LogP contribution in [0.3, 0.4) is 0 Å². The van der Waals surface area contributed by atoms with Crippen LogP contribution in [0, 0.1) is 11.8 Å². The summed E-state index contributed by atoms with van der Waals surface area (Å²) in [7, 11) is 0. The maximum atomic E-state index is 14.0. The van der Waals surface area contributed by atoms with Crippen molar-refractivity contribution in [2.75, 3.05) is 6.61 Å². The van der Waals surface area contributed by atoms with Gasteiger partial charge in [-0.05, 0) is 75.8 Å². The van der Waals surface area contributed by atoms with Gasteiger partial charge in [-0.2, -0.15) is 0 Å². The molecule has 4 fully saturated rings. The second-order valence-corrected chi connectivity index (χ2v) is 12.0. The van der Waals surface area contributed by atoms with Crippen LogP contribution >= 0.6 is 0 Å². The first kappa shape index (κ1) is 25.5. The average molecular weight is 521 g/mol. The highest BCUT2D eigenvalue weighted by atomic mass is 16.6. The van der Waals surface area contributed by atoms with E-state index in [4.69, 9.17) is 4.84 Å². The second kappa shape index (κ2) is 10.8. The SMILES string of the molecule is CCO/N=C(\C(=O)O)c1nc2ccccc2n(C2C[C@H]3CCC[C@@H](C2)N3C2C[C@H]3CCCC[C@@H](C2)C3)c1=O. The summed E-state index contributed by atoms with van der Waals surface area (Å²) in [6.07, 6.45) is 15.1. The summed E-state index contributed by atoms with van der Waals surface area (Å²) in [5.74, 6) is 0.455. The van der Waals surface area contributed by atoms with Gasteiger partial charge >= 0.3 is 5.97 Å². The summed E-state index contributed by atoms with van der Waals surface area (Å²) in [4.78, 5) is 38.4. The first-order chi connectivity index (χ1) is 18.5. The fourth-order valence-corrected chi connectivity index (χ4v) is 8.29. The number of benzene rings is 1. The van der Waals surface area contributed by atoms with E-state index in [2.05, 4.69) is 15.0 Å². The normalized spacial score (nSPS) is 32.1. The number of fused-ring (bicyclic) bond motifs is 5. The van der Waals surface area contributed by atoms with Crippen molar-refractivity contribution in [3.8, 4) is 0 Å². The number of nitrogens with zero attached hydrogens (tertiary/aromatic N) is 4. The van der Waals surface area contributed by atoms with Crippen molar-refractivity contribution >= 4 is 22.7 Å². The Hall–Kier alpha value is -2.74. The van der Waals surface area contributed by atoms with E-state index in [-0.39, 0.29) is 23.9 Å². The number of hydrogen-bond donors (Lipinski definition) is 1. The Morgan fingerprint density at radius 1 is 0.947 bits per heavy atom. The molecule has 8 heteroatoms. The molecule has 0 radical (unpaired) electrons. The van der Waals surface area contributed by atoms with Gasteiger partial charge in [0.05, 0.1) is 11.0 Å². The number of oxime groups is 1. The van der Waals surface area contributed by atoms with E-state index in [0.29, 0.717) is 23.6 Å². The van der Waals surface area contributed by atoms with E-state index in [0.717, 1.165) is 30.2 Å². The highest BCUT2D eigenvalue weighted by Crippen LogP contribution is 2.47. The van der Waals surface area contributed by atoms with Gasteiger partial charge in [0.1, 0.15) is 6.61 Å². The zero-order valence-electron chi connectivity index (χ0n) is 22.4. The fourth-order valence-electron chi connectivity index (χ4n) is 8.29. The number of carboxylic acid groups (broad SMARTS) is 1. The Kier molecular flexibility index (Phi) is 7.25. The summed E-state index contributed by atoms with van der Waals surface area (Å²) in [5, 5.41) is 13.6. The lowest BCUT2D eigenvalue weighted by atomic mass is 9.73. The van der Waals surface area contributed by atoms with Crippen LogP contribution in [0.2, 0.25) is 0 Å². The van der Waals surface area contributed by atoms with Gasteiger partial charge in [-0.15, -0.1) is 0 Å². The summed E-state index contributed by atoms with van der Waals surface area (Å²) < 4.78 is 1.84. The fraction of sp³-hybridized carbons (Fsp3) is 0.667. The van der Waals surface area contributed by atoms with Crippen LogP contribution < -0.4 is 5.56 Å². The molecular weight excluding hydrogens is 480 g/mol. The van der Waals surface area contributed by atoms with Gasteiger partial charge in [-0.25, -0.2) is 9.78 Å². The average Bonchev–Trinajstić information content (AvgIpc) is 3.07. The number of carboxylic acids is 1. The third-order valence-corrected chi connectivity index (χ3v) is 9.65. The molecule has 6 atom stereocenters. The quantitative estimate of drug-likeness (QED) is 0.419. The molecule has 6 rings (SSSR count). The number of carbonyl (C=O) groups is 1. The molecule has 2 aliphatic heterocycles. The molecule has 2 saturated carbocycles. The number of piperidine rings is 2. The third kappa shape index (κ3) is 4.76. The van der Waals surface area contributed by atoms with Crippen molar-refractivity contribution < 1.29 is 14.7 Å². The highest BCUT2D eigenvalue weighted by Gasteiger charge is 2.45. The van der Waals surface area contributed by atoms with Gasteiger partial charge in [0, 0.05) is 24.2 Å². The monoisotopic (exact) mass is 520 g/mol. The van der Waals surface area contributed by atoms with E-state index in [1.165, 1.54) is 64.2 Å². The van der Waals surface area contributed by atoms with E-state index in [1.807, 2.05) is 28.8 Å². The van der Waals surface area contributed by atoms with Gasteiger partial charge < -0.3 is 14.5 Å². The van der Waals surface area contributed by atoms with Crippen LogP contribution in [0.5, 0.6) is 0 Å². The maximum Gasteiger partial charge on any atom is 0.360 e. The van der Waals surface area contributed by atoms with Crippen LogP contribution in [0.25, 0.3) is 11.0 Å². The van der Waals surface area contributed by atoms with Crippen LogP contribution in [0.15, 0.2) is 34.2 Å². The Labute approximate surface area is 224 Å². The van der Waals surface area contributed by atoms with Crippen molar-refractivity contribution in [3.63, 3.8) is 0 Å². The first-order valence-corrected chi connectivity index (χ1v) is 14.8. The minimum absolute atomic E-state index is 0.00806. The van der Waals surface area contributed by atoms with Crippen LogP contribution in [-0.2, 0) is 9.63 Å². The largest absolute Gasteiger partial charge is 0.476 e. The lowest BCUT2D eigenvalue weighted by Crippen LogP contribution is -2.58. The predicted octanol–water partition coefficient (Wildman–Crippen LogP) is 5.14. The molecule has 0 amide bonds. The molecule has 2 saturated heterocycles. The zero-order chi connectivity index (χ0) is 26.2. The Balaban J connectivity index is 1.36. The zero-order valence-corrected chi connectivity index (χ0v) is 22.4. The smallest absolute Gasteiger partial charge is 0.360 e.